The molecule has 3 heterocycles. The normalized spacial score (nSPS) is 28.5. The molecule has 6 nitrogen and oxygen atoms in total. The van der Waals surface area contributed by atoms with E-state index in [0.29, 0.717) is 25.7 Å². The number of carbonyl (C=O) groups excluding carboxylic acids is 1. The van der Waals surface area contributed by atoms with Gasteiger partial charge in [0.2, 0.25) is 5.91 Å². The topological polar surface area (TPSA) is 59.4 Å². The number of rotatable bonds is 4. The molecule has 2 saturated heterocycles. The molecule has 0 saturated carbocycles. The molecule has 1 amide bonds. The summed E-state index contributed by atoms with van der Waals surface area (Å²) in [5, 5.41) is 7.66. The number of hydrogen-bond donors (Lipinski definition) is 1. The molecule has 0 radical (unpaired) electrons. The highest BCUT2D eigenvalue weighted by atomic mass is 16.5. The maximum Gasteiger partial charge on any atom is 0.228 e. The molecule has 0 bridgehead atoms. The van der Waals surface area contributed by atoms with Crippen LogP contribution in [-0.4, -0.2) is 59.5 Å². The van der Waals surface area contributed by atoms with Crippen molar-refractivity contribution in [3.63, 3.8) is 0 Å². The minimum atomic E-state index is 0.00645. The summed E-state index contributed by atoms with van der Waals surface area (Å²) in [6, 6.07) is 0.214. The van der Waals surface area contributed by atoms with E-state index < -0.39 is 0 Å². The van der Waals surface area contributed by atoms with Crippen molar-refractivity contribution in [2.24, 2.45) is 18.9 Å². The van der Waals surface area contributed by atoms with Gasteiger partial charge < -0.3 is 15.0 Å². The van der Waals surface area contributed by atoms with Gasteiger partial charge in [0.15, 0.2) is 0 Å². The van der Waals surface area contributed by atoms with Crippen LogP contribution < -0.4 is 5.32 Å². The molecule has 3 atom stereocenters. The molecule has 2 aliphatic heterocycles. The maximum absolute atomic E-state index is 13.2. The van der Waals surface area contributed by atoms with E-state index in [4.69, 9.17) is 4.74 Å². The summed E-state index contributed by atoms with van der Waals surface area (Å²) in [5.41, 5.74) is 1.16. The summed E-state index contributed by atoms with van der Waals surface area (Å²) < 4.78 is 7.43. The van der Waals surface area contributed by atoms with Gasteiger partial charge in [0.05, 0.1) is 31.4 Å². The van der Waals surface area contributed by atoms with Gasteiger partial charge in [-0.2, -0.15) is 5.10 Å². The van der Waals surface area contributed by atoms with Crippen molar-refractivity contribution < 1.29 is 9.53 Å². The Kier molecular flexibility index (Phi) is 5.02. The Balaban J connectivity index is 1.74. The maximum atomic E-state index is 13.2. The first kappa shape index (κ1) is 16.5. The highest BCUT2D eigenvalue weighted by molar-refractivity contribution is 5.81. The summed E-state index contributed by atoms with van der Waals surface area (Å²) in [5.74, 6) is 1.07. The van der Waals surface area contributed by atoms with E-state index in [2.05, 4.69) is 29.2 Å². The quantitative estimate of drug-likeness (QED) is 0.899. The average molecular weight is 320 g/mol. The first-order valence-corrected chi connectivity index (χ1v) is 8.63. The number of ether oxygens (including phenoxy) is 1. The van der Waals surface area contributed by atoms with Crippen LogP contribution in [0.25, 0.3) is 0 Å². The van der Waals surface area contributed by atoms with Gasteiger partial charge in [-0.05, 0) is 17.9 Å². The molecule has 6 heteroatoms. The number of aromatic nitrogens is 2. The molecule has 1 N–H and O–H groups in total. The van der Waals surface area contributed by atoms with Crippen LogP contribution in [0, 0.1) is 11.8 Å². The lowest BCUT2D eigenvalue weighted by molar-refractivity contribution is -0.144. The van der Waals surface area contributed by atoms with E-state index in [-0.39, 0.29) is 23.8 Å². The van der Waals surface area contributed by atoms with Crippen molar-refractivity contribution >= 4 is 5.91 Å². The Bertz CT molecular complexity index is 542. The molecule has 1 unspecified atom stereocenters. The molecule has 23 heavy (non-hydrogen) atoms. The zero-order valence-electron chi connectivity index (χ0n) is 14.4. The smallest absolute Gasteiger partial charge is 0.228 e. The van der Waals surface area contributed by atoms with E-state index >= 15 is 0 Å². The number of amides is 1. The summed E-state index contributed by atoms with van der Waals surface area (Å²) >= 11 is 0. The van der Waals surface area contributed by atoms with Gasteiger partial charge in [-0.3, -0.25) is 9.48 Å². The Morgan fingerprint density at radius 1 is 1.48 bits per heavy atom. The molecule has 1 aromatic heterocycles. The van der Waals surface area contributed by atoms with Crippen molar-refractivity contribution in [1.82, 2.24) is 20.0 Å². The van der Waals surface area contributed by atoms with E-state index in [0.717, 1.165) is 25.1 Å². The van der Waals surface area contributed by atoms with Crippen molar-refractivity contribution in [1.29, 1.82) is 0 Å². The number of morpholine rings is 1. The molecule has 2 fully saturated rings. The van der Waals surface area contributed by atoms with Crippen molar-refractivity contribution in [2.45, 2.75) is 32.2 Å². The number of aryl methyl sites for hydroxylation is 1. The van der Waals surface area contributed by atoms with E-state index in [1.807, 2.05) is 24.1 Å². The number of hydrogen-bond acceptors (Lipinski definition) is 4. The molecule has 0 aromatic carbocycles. The fourth-order valence-electron chi connectivity index (χ4n) is 3.82. The van der Waals surface area contributed by atoms with E-state index in [1.165, 1.54) is 0 Å². The largest absolute Gasteiger partial charge is 0.377 e. The van der Waals surface area contributed by atoms with Crippen LogP contribution in [0.1, 0.15) is 31.7 Å². The molecule has 0 spiro atoms. The lowest BCUT2D eigenvalue weighted by Gasteiger charge is -2.38. The van der Waals surface area contributed by atoms with Crippen LogP contribution >= 0.6 is 0 Å². The predicted octanol–water partition coefficient (Wildman–Crippen LogP) is 0.997. The summed E-state index contributed by atoms with van der Waals surface area (Å²) in [6.07, 6.45) is 4.93. The summed E-state index contributed by atoms with van der Waals surface area (Å²) in [4.78, 5) is 15.3. The van der Waals surface area contributed by atoms with Crippen LogP contribution in [0.4, 0.5) is 0 Å². The lowest BCUT2D eigenvalue weighted by Crippen LogP contribution is -2.52. The zero-order valence-corrected chi connectivity index (χ0v) is 14.4. The highest BCUT2D eigenvalue weighted by Gasteiger charge is 2.39. The van der Waals surface area contributed by atoms with Crippen LogP contribution in [0.15, 0.2) is 12.4 Å². The zero-order chi connectivity index (χ0) is 16.4. The lowest BCUT2D eigenvalue weighted by atomic mass is 9.89. The van der Waals surface area contributed by atoms with Crippen LogP contribution in [-0.2, 0) is 16.6 Å². The standard InChI is InChI=1S/C17H28N4O2/c1-12(2)6-14-11-23-5-4-21(14)17(22)16-9-18-8-15(16)13-7-19-20(3)10-13/h7,10,12,14-16,18H,4-6,8-9,11H2,1-3H3/t14?,15-,16+/m1/s1. The molecular weight excluding hydrogens is 292 g/mol. The molecule has 2 aliphatic rings. The predicted molar refractivity (Wildman–Crippen MR) is 88.1 cm³/mol. The van der Waals surface area contributed by atoms with Gasteiger partial charge in [0, 0.05) is 38.8 Å². The van der Waals surface area contributed by atoms with Gasteiger partial charge in [0.25, 0.3) is 0 Å². The van der Waals surface area contributed by atoms with Gasteiger partial charge in [-0.25, -0.2) is 0 Å². The number of nitrogens with zero attached hydrogens (tertiary/aromatic N) is 3. The SMILES string of the molecule is CC(C)CC1COCCN1C(=O)[C@H]1CNC[C@@H]1c1cnn(C)c1. The number of carbonyl (C=O) groups is 1. The molecule has 3 rings (SSSR count). The van der Waals surface area contributed by atoms with Crippen molar-refractivity contribution in [2.75, 3.05) is 32.8 Å². The van der Waals surface area contributed by atoms with Gasteiger partial charge >= 0.3 is 0 Å². The van der Waals surface area contributed by atoms with E-state index in [1.54, 1.807) is 0 Å². The van der Waals surface area contributed by atoms with Crippen LogP contribution in [0.3, 0.4) is 0 Å². The second kappa shape index (κ2) is 7.01. The Morgan fingerprint density at radius 2 is 2.30 bits per heavy atom. The molecule has 0 aliphatic carbocycles. The molecule has 1 aromatic rings. The third-order valence-electron chi connectivity index (χ3n) is 4.94. The van der Waals surface area contributed by atoms with Crippen molar-refractivity contribution in [3.8, 4) is 0 Å². The molecular formula is C17H28N4O2. The van der Waals surface area contributed by atoms with Crippen LogP contribution in [0.5, 0.6) is 0 Å². The first-order valence-electron chi connectivity index (χ1n) is 8.63. The first-order chi connectivity index (χ1) is 11.1. The molecule has 128 valence electrons. The third kappa shape index (κ3) is 3.58. The summed E-state index contributed by atoms with van der Waals surface area (Å²) in [7, 11) is 1.92. The van der Waals surface area contributed by atoms with E-state index in [9.17, 15) is 4.79 Å². The highest BCUT2D eigenvalue weighted by Crippen LogP contribution is 2.31. The Morgan fingerprint density at radius 3 is 3.00 bits per heavy atom. The van der Waals surface area contributed by atoms with Gasteiger partial charge in [0.1, 0.15) is 0 Å². The fraction of sp³-hybridized carbons (Fsp3) is 0.765. The second-order valence-electron chi connectivity index (χ2n) is 7.21. The van der Waals surface area contributed by atoms with Crippen LogP contribution in [0.2, 0.25) is 0 Å². The fourth-order valence-corrected chi connectivity index (χ4v) is 3.82. The minimum Gasteiger partial charge on any atom is -0.377 e. The average Bonchev–Trinajstić information content (AvgIpc) is 3.15. The number of nitrogens with one attached hydrogen (secondary N) is 1. The van der Waals surface area contributed by atoms with Crippen molar-refractivity contribution in [3.05, 3.63) is 18.0 Å². The second-order valence-corrected chi connectivity index (χ2v) is 7.21. The third-order valence-corrected chi connectivity index (χ3v) is 4.94. The van der Waals surface area contributed by atoms with Gasteiger partial charge in [-0.15, -0.1) is 0 Å². The monoisotopic (exact) mass is 320 g/mol. The Hall–Kier alpha value is -1.40. The van der Waals surface area contributed by atoms with Gasteiger partial charge in [-0.1, -0.05) is 13.8 Å². The Labute approximate surface area is 138 Å². The summed E-state index contributed by atoms with van der Waals surface area (Å²) in [6.45, 7) is 8.04. The minimum absolute atomic E-state index is 0.00645.